The molecule has 1 aliphatic rings. The molecule has 1 aliphatic heterocycles. The van der Waals surface area contributed by atoms with Crippen molar-refractivity contribution < 1.29 is 13.2 Å². The van der Waals surface area contributed by atoms with Crippen LogP contribution < -0.4 is 9.62 Å². The van der Waals surface area contributed by atoms with Crippen molar-refractivity contribution in [3.8, 4) is 0 Å². The van der Waals surface area contributed by atoms with E-state index in [2.05, 4.69) is 5.32 Å². The lowest BCUT2D eigenvalue weighted by Gasteiger charge is -2.31. The number of nitrogens with zero attached hydrogens (tertiary/aromatic N) is 1. The van der Waals surface area contributed by atoms with E-state index in [9.17, 15) is 13.2 Å². The predicted molar refractivity (Wildman–Crippen MR) is 125 cm³/mol. The molecule has 0 fully saturated rings. The average molecular weight is 433 g/mol. The Balaban J connectivity index is 1.79. The third-order valence-electron chi connectivity index (χ3n) is 5.21. The van der Waals surface area contributed by atoms with Crippen molar-refractivity contribution in [2.24, 2.45) is 0 Å². The Morgan fingerprint density at radius 1 is 0.871 bits per heavy atom. The second-order valence-corrected chi connectivity index (χ2v) is 9.71. The highest BCUT2D eigenvalue weighted by Gasteiger charge is 2.40. The molecule has 0 saturated carbocycles. The van der Waals surface area contributed by atoms with Gasteiger partial charge in [-0.05, 0) is 61.7 Å². The van der Waals surface area contributed by atoms with Gasteiger partial charge in [0.05, 0.1) is 12.2 Å². The van der Waals surface area contributed by atoms with Crippen LogP contribution in [0.25, 0.3) is 0 Å². The standard InChI is InChI=1S/C25H24N2O3S/c1-17-7-6-8-20(12-17)16-27-23-10-5-4-9-22(23)25(28)24(31(27,29)30)15-26-21-13-18(2)11-19(3)14-21/h4-15,26H,16H2,1-3H3. The van der Waals surface area contributed by atoms with Gasteiger partial charge >= 0.3 is 0 Å². The van der Waals surface area contributed by atoms with Crippen LogP contribution in [0.1, 0.15) is 32.6 Å². The lowest BCUT2D eigenvalue weighted by molar-refractivity contribution is 0.104. The molecule has 158 valence electrons. The van der Waals surface area contributed by atoms with Crippen molar-refractivity contribution in [1.29, 1.82) is 0 Å². The molecule has 1 N–H and O–H groups in total. The number of aryl methyl sites for hydroxylation is 3. The molecule has 0 saturated heterocycles. The molecule has 0 spiro atoms. The maximum absolute atomic E-state index is 13.5. The smallest absolute Gasteiger partial charge is 0.270 e. The van der Waals surface area contributed by atoms with E-state index in [0.717, 1.165) is 27.9 Å². The van der Waals surface area contributed by atoms with Gasteiger partial charge < -0.3 is 5.32 Å². The van der Waals surface area contributed by atoms with Gasteiger partial charge in [-0.2, -0.15) is 0 Å². The number of benzene rings is 3. The molecule has 3 aromatic rings. The van der Waals surface area contributed by atoms with E-state index < -0.39 is 15.8 Å². The minimum absolute atomic E-state index is 0.148. The van der Waals surface area contributed by atoms with Crippen LogP contribution in [0.5, 0.6) is 0 Å². The van der Waals surface area contributed by atoms with E-state index in [1.165, 1.54) is 10.5 Å². The number of Topliss-reactive ketones (excluding diaryl/α,β-unsaturated/α-hetero) is 1. The maximum atomic E-state index is 13.5. The van der Waals surface area contributed by atoms with Gasteiger partial charge in [0.2, 0.25) is 5.78 Å². The Labute approximate surface area is 183 Å². The van der Waals surface area contributed by atoms with Crippen molar-refractivity contribution in [2.75, 3.05) is 9.62 Å². The fourth-order valence-corrected chi connectivity index (χ4v) is 5.40. The van der Waals surface area contributed by atoms with Gasteiger partial charge in [0.15, 0.2) is 4.91 Å². The summed E-state index contributed by atoms with van der Waals surface area (Å²) in [5.74, 6) is -0.507. The molecular formula is C25H24N2O3S. The van der Waals surface area contributed by atoms with E-state index in [0.29, 0.717) is 11.3 Å². The van der Waals surface area contributed by atoms with Gasteiger partial charge in [0.25, 0.3) is 10.0 Å². The Bertz CT molecular complexity index is 1290. The number of nitrogens with one attached hydrogen (secondary N) is 1. The summed E-state index contributed by atoms with van der Waals surface area (Å²) in [5, 5.41) is 3.02. The van der Waals surface area contributed by atoms with E-state index in [-0.39, 0.29) is 11.4 Å². The zero-order chi connectivity index (χ0) is 22.2. The summed E-state index contributed by atoms with van der Waals surface area (Å²) in [4.78, 5) is 12.9. The molecule has 0 unspecified atom stereocenters. The third-order valence-corrected chi connectivity index (χ3v) is 6.97. The first-order chi connectivity index (χ1) is 14.8. The number of carbonyl (C=O) groups is 1. The number of rotatable bonds is 4. The molecule has 0 aromatic heterocycles. The molecule has 3 aromatic carbocycles. The number of carbonyl (C=O) groups excluding carboxylic acids is 1. The lowest BCUT2D eigenvalue weighted by Crippen LogP contribution is -2.39. The third kappa shape index (κ3) is 4.11. The van der Waals surface area contributed by atoms with Crippen molar-refractivity contribution in [3.05, 3.63) is 106 Å². The number of anilines is 2. The largest absolute Gasteiger partial charge is 0.360 e. The van der Waals surface area contributed by atoms with Gasteiger partial charge in [0.1, 0.15) is 0 Å². The molecule has 1 heterocycles. The van der Waals surface area contributed by atoms with Crippen LogP contribution in [-0.2, 0) is 16.6 Å². The van der Waals surface area contributed by atoms with E-state index >= 15 is 0 Å². The van der Waals surface area contributed by atoms with Crippen molar-refractivity contribution >= 4 is 27.2 Å². The molecule has 0 radical (unpaired) electrons. The summed E-state index contributed by atoms with van der Waals surface area (Å²) in [5.41, 5.74) is 5.50. The van der Waals surface area contributed by atoms with Crippen molar-refractivity contribution in [2.45, 2.75) is 27.3 Å². The molecule has 0 atom stereocenters. The van der Waals surface area contributed by atoms with Gasteiger partial charge in [-0.1, -0.05) is 48.0 Å². The Morgan fingerprint density at radius 2 is 1.58 bits per heavy atom. The highest BCUT2D eigenvalue weighted by Crippen LogP contribution is 2.36. The molecule has 0 aliphatic carbocycles. The van der Waals surface area contributed by atoms with Crippen LogP contribution in [0.15, 0.2) is 77.8 Å². The number of ketones is 1. The first-order valence-electron chi connectivity index (χ1n) is 10.0. The fourth-order valence-electron chi connectivity index (χ4n) is 3.87. The summed E-state index contributed by atoms with van der Waals surface area (Å²) >= 11 is 0. The predicted octanol–water partition coefficient (Wildman–Crippen LogP) is 5.10. The van der Waals surface area contributed by atoms with E-state index in [1.54, 1.807) is 24.3 Å². The lowest BCUT2D eigenvalue weighted by atomic mass is 10.1. The minimum Gasteiger partial charge on any atom is -0.360 e. The zero-order valence-corrected chi connectivity index (χ0v) is 18.5. The zero-order valence-electron chi connectivity index (χ0n) is 17.7. The molecule has 0 bridgehead atoms. The number of hydrogen-bond acceptors (Lipinski definition) is 4. The summed E-state index contributed by atoms with van der Waals surface area (Å²) in [6.07, 6.45) is 1.31. The number of para-hydroxylation sites is 1. The van der Waals surface area contributed by atoms with Gasteiger partial charge in [-0.15, -0.1) is 0 Å². The van der Waals surface area contributed by atoms with Crippen LogP contribution in [0.4, 0.5) is 11.4 Å². The second kappa shape index (κ2) is 8.04. The summed E-state index contributed by atoms with van der Waals surface area (Å²) < 4.78 is 28.4. The quantitative estimate of drug-likeness (QED) is 0.583. The van der Waals surface area contributed by atoms with E-state index in [1.807, 2.05) is 63.2 Å². The van der Waals surface area contributed by atoms with E-state index in [4.69, 9.17) is 0 Å². The first kappa shape index (κ1) is 20.9. The summed E-state index contributed by atoms with van der Waals surface area (Å²) in [6, 6.07) is 20.4. The number of hydrogen-bond donors (Lipinski definition) is 1. The van der Waals surface area contributed by atoms with Crippen LogP contribution in [0.2, 0.25) is 0 Å². The molecule has 4 rings (SSSR count). The Kier molecular flexibility index (Phi) is 5.41. The molecule has 31 heavy (non-hydrogen) atoms. The maximum Gasteiger partial charge on any atom is 0.270 e. The first-order valence-corrected chi connectivity index (χ1v) is 11.5. The second-order valence-electron chi connectivity index (χ2n) is 7.88. The van der Waals surface area contributed by atoms with Crippen molar-refractivity contribution in [3.63, 3.8) is 0 Å². The highest BCUT2D eigenvalue weighted by molar-refractivity contribution is 7.97. The SMILES string of the molecule is Cc1cccc(CN2c3ccccc3C(=O)C(=CNc3cc(C)cc(C)c3)S2(=O)=O)c1. The Morgan fingerprint density at radius 3 is 2.29 bits per heavy atom. The normalized spacial score (nSPS) is 16.3. The van der Waals surface area contributed by atoms with Crippen molar-refractivity contribution in [1.82, 2.24) is 0 Å². The van der Waals surface area contributed by atoms with Crippen LogP contribution in [-0.4, -0.2) is 14.2 Å². The minimum atomic E-state index is -4.05. The number of sulfonamides is 1. The molecule has 0 amide bonds. The van der Waals surface area contributed by atoms with Gasteiger partial charge in [-0.3, -0.25) is 9.10 Å². The van der Waals surface area contributed by atoms with Crippen LogP contribution >= 0.6 is 0 Å². The average Bonchev–Trinajstić information content (AvgIpc) is 2.70. The Hall–Kier alpha value is -3.38. The number of allylic oxidation sites excluding steroid dienone is 1. The monoisotopic (exact) mass is 432 g/mol. The van der Waals surface area contributed by atoms with Crippen LogP contribution in [0, 0.1) is 20.8 Å². The number of fused-ring (bicyclic) bond motifs is 1. The molecule has 5 nitrogen and oxygen atoms in total. The molecular weight excluding hydrogens is 408 g/mol. The summed E-state index contributed by atoms with van der Waals surface area (Å²) in [6.45, 7) is 6.04. The van der Waals surface area contributed by atoms with Gasteiger partial charge in [-0.25, -0.2) is 8.42 Å². The van der Waals surface area contributed by atoms with Crippen LogP contribution in [0.3, 0.4) is 0 Å². The highest BCUT2D eigenvalue weighted by atomic mass is 32.2. The topological polar surface area (TPSA) is 66.5 Å². The summed E-state index contributed by atoms with van der Waals surface area (Å²) in [7, 11) is -4.05. The molecule has 6 heteroatoms. The van der Waals surface area contributed by atoms with Gasteiger partial charge in [0, 0.05) is 17.5 Å². The fraction of sp³-hybridized carbons (Fsp3) is 0.160.